The molecular formula is C18H20F2N2O2. The molecule has 2 aromatic carbocycles. The fourth-order valence-electron chi connectivity index (χ4n) is 2.41. The smallest absolute Gasteiger partial charge is 0.387 e. The minimum atomic E-state index is -2.91. The van der Waals surface area contributed by atoms with Crippen LogP contribution in [0.4, 0.5) is 8.78 Å². The van der Waals surface area contributed by atoms with Gasteiger partial charge in [-0.2, -0.15) is 8.78 Å². The van der Waals surface area contributed by atoms with E-state index in [2.05, 4.69) is 10.1 Å². The third-order valence-electron chi connectivity index (χ3n) is 3.68. The zero-order valence-electron chi connectivity index (χ0n) is 13.3. The van der Waals surface area contributed by atoms with E-state index in [4.69, 9.17) is 5.73 Å². The SMILES string of the molecule is CCC(NC(=O)c1ccc(CN)cc1)c1ccccc1OC(F)F. The van der Waals surface area contributed by atoms with Crippen LogP contribution in [0.25, 0.3) is 0 Å². The number of nitrogens with one attached hydrogen (secondary N) is 1. The summed E-state index contributed by atoms with van der Waals surface area (Å²) < 4.78 is 29.6. The molecule has 0 spiro atoms. The molecule has 6 heteroatoms. The number of hydrogen-bond donors (Lipinski definition) is 2. The van der Waals surface area contributed by atoms with E-state index >= 15 is 0 Å². The molecule has 0 fully saturated rings. The minimum Gasteiger partial charge on any atom is -0.434 e. The van der Waals surface area contributed by atoms with Gasteiger partial charge in [0, 0.05) is 17.7 Å². The predicted molar refractivity (Wildman–Crippen MR) is 87.9 cm³/mol. The summed E-state index contributed by atoms with van der Waals surface area (Å²) in [5.41, 5.74) is 7.46. The van der Waals surface area contributed by atoms with E-state index in [-0.39, 0.29) is 11.7 Å². The Bertz CT molecular complexity index is 675. The first-order chi connectivity index (χ1) is 11.5. The maximum Gasteiger partial charge on any atom is 0.387 e. The Balaban J connectivity index is 2.18. The maximum atomic E-state index is 12.5. The van der Waals surface area contributed by atoms with Gasteiger partial charge in [0.25, 0.3) is 5.91 Å². The lowest BCUT2D eigenvalue weighted by Gasteiger charge is -2.20. The lowest BCUT2D eigenvalue weighted by Crippen LogP contribution is -2.28. The molecule has 0 saturated carbocycles. The average Bonchev–Trinajstić information content (AvgIpc) is 2.59. The Hall–Kier alpha value is -2.47. The third-order valence-corrected chi connectivity index (χ3v) is 3.68. The first-order valence-electron chi connectivity index (χ1n) is 7.68. The molecule has 1 atom stereocenters. The number of nitrogens with two attached hydrogens (primary N) is 1. The van der Waals surface area contributed by atoms with Crippen LogP contribution in [0.3, 0.4) is 0 Å². The molecule has 3 N–H and O–H groups in total. The van der Waals surface area contributed by atoms with E-state index < -0.39 is 12.7 Å². The second-order valence-electron chi connectivity index (χ2n) is 5.25. The molecule has 0 aliphatic carbocycles. The number of halogens is 2. The zero-order valence-corrected chi connectivity index (χ0v) is 13.3. The number of carbonyl (C=O) groups excluding carboxylic acids is 1. The molecule has 0 aliphatic heterocycles. The molecule has 0 aromatic heterocycles. The van der Waals surface area contributed by atoms with Crippen molar-refractivity contribution in [3.05, 3.63) is 65.2 Å². The highest BCUT2D eigenvalue weighted by Crippen LogP contribution is 2.28. The summed E-state index contributed by atoms with van der Waals surface area (Å²) in [4.78, 5) is 12.4. The van der Waals surface area contributed by atoms with Crippen LogP contribution in [0.1, 0.15) is 40.9 Å². The highest BCUT2D eigenvalue weighted by Gasteiger charge is 2.19. The second kappa shape index (κ2) is 8.40. The van der Waals surface area contributed by atoms with Gasteiger partial charge in [-0.1, -0.05) is 37.3 Å². The Kier molecular flexibility index (Phi) is 6.26. The Labute approximate surface area is 139 Å². The van der Waals surface area contributed by atoms with Gasteiger partial charge < -0.3 is 15.8 Å². The number of alkyl halides is 2. The quantitative estimate of drug-likeness (QED) is 0.813. The molecule has 2 rings (SSSR count). The lowest BCUT2D eigenvalue weighted by atomic mass is 10.0. The highest BCUT2D eigenvalue weighted by atomic mass is 19.3. The van der Waals surface area contributed by atoms with Crippen molar-refractivity contribution in [2.75, 3.05) is 0 Å². The van der Waals surface area contributed by atoms with Crippen molar-refractivity contribution >= 4 is 5.91 Å². The van der Waals surface area contributed by atoms with Gasteiger partial charge in [0.1, 0.15) is 5.75 Å². The Morgan fingerprint density at radius 3 is 2.42 bits per heavy atom. The van der Waals surface area contributed by atoms with E-state index in [1.807, 2.05) is 6.92 Å². The molecule has 0 heterocycles. The molecule has 4 nitrogen and oxygen atoms in total. The minimum absolute atomic E-state index is 0.0677. The number of hydrogen-bond acceptors (Lipinski definition) is 3. The van der Waals surface area contributed by atoms with E-state index in [9.17, 15) is 13.6 Å². The molecular weight excluding hydrogens is 314 g/mol. The fourth-order valence-corrected chi connectivity index (χ4v) is 2.41. The number of ether oxygens (including phenoxy) is 1. The number of carbonyl (C=O) groups is 1. The average molecular weight is 334 g/mol. The van der Waals surface area contributed by atoms with Crippen LogP contribution in [0, 0.1) is 0 Å². The van der Waals surface area contributed by atoms with E-state index in [0.717, 1.165) is 5.56 Å². The summed E-state index contributed by atoms with van der Waals surface area (Å²) >= 11 is 0. The van der Waals surface area contributed by atoms with Crippen LogP contribution >= 0.6 is 0 Å². The van der Waals surface area contributed by atoms with Crippen LogP contribution < -0.4 is 15.8 Å². The summed E-state index contributed by atoms with van der Waals surface area (Å²) in [5, 5.41) is 2.86. The van der Waals surface area contributed by atoms with Crippen molar-refractivity contribution in [1.29, 1.82) is 0 Å². The van der Waals surface area contributed by atoms with Crippen LogP contribution in [-0.2, 0) is 6.54 Å². The van der Waals surface area contributed by atoms with Gasteiger partial charge in [-0.05, 0) is 30.2 Å². The summed E-state index contributed by atoms with van der Waals surface area (Å²) in [6, 6.07) is 13.0. The standard InChI is InChI=1S/C18H20F2N2O2/c1-2-15(14-5-3-4-6-16(14)24-18(19)20)22-17(23)13-9-7-12(11-21)8-10-13/h3-10,15,18H,2,11,21H2,1H3,(H,22,23). The monoisotopic (exact) mass is 334 g/mol. The van der Waals surface area contributed by atoms with Crippen molar-refractivity contribution in [3.63, 3.8) is 0 Å². The number of rotatable bonds is 7. The van der Waals surface area contributed by atoms with Crippen molar-refractivity contribution in [3.8, 4) is 5.75 Å². The third kappa shape index (κ3) is 4.52. The van der Waals surface area contributed by atoms with Crippen LogP contribution in [0.2, 0.25) is 0 Å². The molecule has 0 bridgehead atoms. The van der Waals surface area contributed by atoms with E-state index in [1.165, 1.54) is 6.07 Å². The first kappa shape index (κ1) is 17.9. The van der Waals surface area contributed by atoms with Gasteiger partial charge >= 0.3 is 6.61 Å². The van der Waals surface area contributed by atoms with Gasteiger partial charge in [0.2, 0.25) is 0 Å². The molecule has 128 valence electrons. The van der Waals surface area contributed by atoms with Crippen molar-refractivity contribution in [1.82, 2.24) is 5.32 Å². The summed E-state index contributed by atoms with van der Waals surface area (Å²) in [6.07, 6.45) is 0.538. The van der Waals surface area contributed by atoms with Crippen molar-refractivity contribution in [2.45, 2.75) is 32.5 Å². The maximum absolute atomic E-state index is 12.5. The molecule has 1 unspecified atom stereocenters. The van der Waals surface area contributed by atoms with Gasteiger partial charge in [-0.15, -0.1) is 0 Å². The molecule has 0 aliphatic rings. The van der Waals surface area contributed by atoms with Crippen molar-refractivity contribution in [2.24, 2.45) is 5.73 Å². The fraction of sp³-hybridized carbons (Fsp3) is 0.278. The topological polar surface area (TPSA) is 64.4 Å². The Morgan fingerprint density at radius 1 is 1.17 bits per heavy atom. The van der Waals surface area contributed by atoms with E-state index in [0.29, 0.717) is 24.1 Å². The van der Waals surface area contributed by atoms with Crippen LogP contribution in [0.5, 0.6) is 5.75 Å². The van der Waals surface area contributed by atoms with Crippen LogP contribution in [0.15, 0.2) is 48.5 Å². The number of amides is 1. The molecule has 2 aromatic rings. The molecule has 0 saturated heterocycles. The highest BCUT2D eigenvalue weighted by molar-refractivity contribution is 5.94. The summed E-state index contributed by atoms with van der Waals surface area (Å²) in [6.45, 7) is -0.650. The van der Waals surface area contributed by atoms with Gasteiger partial charge in [-0.3, -0.25) is 4.79 Å². The predicted octanol–water partition coefficient (Wildman–Crippen LogP) is 3.63. The number of benzene rings is 2. The number of para-hydroxylation sites is 1. The van der Waals surface area contributed by atoms with Crippen molar-refractivity contribution < 1.29 is 18.3 Å². The lowest BCUT2D eigenvalue weighted by molar-refractivity contribution is -0.0506. The van der Waals surface area contributed by atoms with Gasteiger partial charge in [0.15, 0.2) is 0 Å². The molecule has 1 amide bonds. The Morgan fingerprint density at radius 2 is 1.83 bits per heavy atom. The zero-order chi connectivity index (χ0) is 17.5. The largest absolute Gasteiger partial charge is 0.434 e. The first-order valence-corrected chi connectivity index (χ1v) is 7.68. The second-order valence-corrected chi connectivity index (χ2v) is 5.25. The molecule has 0 radical (unpaired) electrons. The summed E-state index contributed by atoms with van der Waals surface area (Å²) in [5.74, 6) is -0.213. The van der Waals surface area contributed by atoms with Crippen LogP contribution in [-0.4, -0.2) is 12.5 Å². The molecule has 24 heavy (non-hydrogen) atoms. The van der Waals surface area contributed by atoms with E-state index in [1.54, 1.807) is 42.5 Å². The van der Waals surface area contributed by atoms with Gasteiger partial charge in [-0.25, -0.2) is 0 Å². The normalized spacial score (nSPS) is 12.0. The summed E-state index contributed by atoms with van der Waals surface area (Å²) in [7, 11) is 0. The van der Waals surface area contributed by atoms with Gasteiger partial charge in [0.05, 0.1) is 6.04 Å².